The molecule has 0 saturated carbocycles. The van der Waals surface area contributed by atoms with E-state index < -0.39 is 29.5 Å². The molecule has 1 amide bonds. The van der Waals surface area contributed by atoms with Crippen molar-refractivity contribution in [2.75, 3.05) is 0 Å². The molecule has 0 spiro atoms. The molecule has 0 unspecified atom stereocenters. The second kappa shape index (κ2) is 7.59. The van der Waals surface area contributed by atoms with E-state index in [-0.39, 0.29) is 11.3 Å². The van der Waals surface area contributed by atoms with Gasteiger partial charge in [0.25, 0.3) is 5.91 Å². The van der Waals surface area contributed by atoms with Crippen LogP contribution in [-0.2, 0) is 0 Å². The van der Waals surface area contributed by atoms with Crippen molar-refractivity contribution in [2.24, 2.45) is 0 Å². The van der Waals surface area contributed by atoms with E-state index in [0.29, 0.717) is 16.1 Å². The smallest absolute Gasteiger partial charge is 0.375 e. The Morgan fingerprint density at radius 2 is 1.78 bits per heavy atom. The van der Waals surface area contributed by atoms with Gasteiger partial charge in [-0.05, 0) is 55.5 Å². The first kappa shape index (κ1) is 18.6. The lowest BCUT2D eigenvalue weighted by Crippen LogP contribution is -2.27. The van der Waals surface area contributed by atoms with Crippen molar-refractivity contribution >= 4 is 23.5 Å². The van der Waals surface area contributed by atoms with Crippen molar-refractivity contribution in [3.8, 4) is 11.3 Å². The molecule has 1 atom stereocenters. The van der Waals surface area contributed by atoms with E-state index in [1.165, 1.54) is 24.3 Å². The molecule has 138 valence electrons. The number of nitrogens with zero attached hydrogens (tertiary/aromatic N) is 1. The lowest BCUT2D eigenvalue weighted by Gasteiger charge is -2.14. The summed E-state index contributed by atoms with van der Waals surface area (Å²) >= 11 is 5.81. The first-order valence-electron chi connectivity index (χ1n) is 7.92. The van der Waals surface area contributed by atoms with Crippen LogP contribution < -0.4 is 5.32 Å². The van der Waals surface area contributed by atoms with Crippen molar-refractivity contribution in [3.63, 3.8) is 0 Å². The molecule has 27 heavy (non-hydrogen) atoms. The van der Waals surface area contributed by atoms with Crippen LogP contribution in [0.4, 0.5) is 4.39 Å². The van der Waals surface area contributed by atoms with Gasteiger partial charge < -0.3 is 14.9 Å². The Hall–Kier alpha value is -3.19. The highest BCUT2D eigenvalue weighted by molar-refractivity contribution is 6.30. The molecule has 8 heteroatoms. The van der Waals surface area contributed by atoms with Crippen LogP contribution >= 0.6 is 11.6 Å². The highest BCUT2D eigenvalue weighted by Crippen LogP contribution is 2.31. The third kappa shape index (κ3) is 3.98. The third-order valence-corrected chi connectivity index (χ3v) is 4.18. The molecule has 0 bridgehead atoms. The Morgan fingerprint density at radius 3 is 2.37 bits per heavy atom. The molecule has 6 nitrogen and oxygen atoms in total. The summed E-state index contributed by atoms with van der Waals surface area (Å²) in [5.74, 6) is -2.57. The Morgan fingerprint density at radius 1 is 1.15 bits per heavy atom. The molecule has 0 fully saturated rings. The van der Waals surface area contributed by atoms with Gasteiger partial charge in [0.15, 0.2) is 0 Å². The number of carbonyl (C=O) groups excluding carboxylic acids is 1. The second-order valence-corrected chi connectivity index (χ2v) is 6.22. The van der Waals surface area contributed by atoms with Gasteiger partial charge in [-0.2, -0.15) is 0 Å². The molecular weight excluding hydrogens is 375 g/mol. The van der Waals surface area contributed by atoms with Gasteiger partial charge in [-0.1, -0.05) is 16.8 Å². The van der Waals surface area contributed by atoms with Crippen LogP contribution in [0, 0.1) is 5.82 Å². The Balaban J connectivity index is 1.95. The van der Waals surface area contributed by atoms with Crippen molar-refractivity contribution in [1.29, 1.82) is 0 Å². The minimum atomic E-state index is -1.32. The number of carbonyl (C=O) groups is 2. The number of aromatic nitrogens is 1. The van der Waals surface area contributed by atoms with Crippen molar-refractivity contribution < 1.29 is 23.6 Å². The van der Waals surface area contributed by atoms with Crippen LogP contribution in [0.15, 0.2) is 53.1 Å². The van der Waals surface area contributed by atoms with Crippen molar-refractivity contribution in [2.45, 2.75) is 13.0 Å². The SMILES string of the molecule is C[C@@H](NC(=O)c1ccc(Cl)cc1)c1c(-c2ccc(F)cc2)noc1C(=O)O. The molecule has 3 rings (SSSR count). The van der Waals surface area contributed by atoms with Crippen LogP contribution in [0.25, 0.3) is 11.3 Å². The topological polar surface area (TPSA) is 92.4 Å². The molecule has 3 aromatic rings. The average molecular weight is 389 g/mol. The lowest BCUT2D eigenvalue weighted by molar-refractivity contribution is 0.0648. The molecule has 0 aliphatic heterocycles. The zero-order chi connectivity index (χ0) is 19.6. The van der Waals surface area contributed by atoms with Crippen molar-refractivity contribution in [1.82, 2.24) is 10.5 Å². The van der Waals surface area contributed by atoms with Crippen molar-refractivity contribution in [3.05, 3.63) is 76.3 Å². The summed E-state index contributed by atoms with van der Waals surface area (Å²) in [4.78, 5) is 23.9. The summed E-state index contributed by atoms with van der Waals surface area (Å²) < 4.78 is 18.1. The predicted octanol–water partition coefficient (Wildman–Crippen LogP) is 4.32. The van der Waals surface area contributed by atoms with Gasteiger partial charge in [-0.25, -0.2) is 9.18 Å². The molecule has 1 heterocycles. The van der Waals surface area contributed by atoms with Gasteiger partial charge in [-0.3, -0.25) is 4.79 Å². The Kier molecular flexibility index (Phi) is 5.23. The summed E-state index contributed by atoms with van der Waals surface area (Å²) in [6, 6.07) is 10.9. The highest BCUT2D eigenvalue weighted by atomic mass is 35.5. The van der Waals surface area contributed by atoms with E-state index in [9.17, 15) is 19.1 Å². The third-order valence-electron chi connectivity index (χ3n) is 3.93. The minimum absolute atomic E-state index is 0.191. The second-order valence-electron chi connectivity index (χ2n) is 5.79. The van der Waals surface area contributed by atoms with Crippen LogP contribution in [0.3, 0.4) is 0 Å². The van der Waals surface area contributed by atoms with Gasteiger partial charge >= 0.3 is 5.97 Å². The molecule has 1 aromatic heterocycles. The van der Waals surface area contributed by atoms with Crippen LogP contribution in [0.5, 0.6) is 0 Å². The van der Waals surface area contributed by atoms with E-state index >= 15 is 0 Å². The largest absolute Gasteiger partial charge is 0.475 e. The van der Waals surface area contributed by atoms with Gasteiger partial charge in [0, 0.05) is 16.1 Å². The van der Waals surface area contributed by atoms with Crippen LogP contribution in [0.1, 0.15) is 39.4 Å². The molecule has 2 N–H and O–H groups in total. The number of carboxylic acid groups (broad SMARTS) is 1. The first-order valence-corrected chi connectivity index (χ1v) is 8.30. The van der Waals surface area contributed by atoms with E-state index in [4.69, 9.17) is 16.1 Å². The molecular formula is C19H14ClFN2O4. The fourth-order valence-electron chi connectivity index (χ4n) is 2.62. The number of aromatic carboxylic acids is 1. The van der Waals surface area contributed by atoms with Crippen LogP contribution in [-0.4, -0.2) is 22.1 Å². The maximum absolute atomic E-state index is 13.2. The number of hydrogen-bond acceptors (Lipinski definition) is 4. The van der Waals surface area contributed by atoms with E-state index in [1.807, 2.05) is 0 Å². The van der Waals surface area contributed by atoms with E-state index in [1.54, 1.807) is 31.2 Å². The first-order chi connectivity index (χ1) is 12.9. The quantitative estimate of drug-likeness (QED) is 0.678. The lowest BCUT2D eigenvalue weighted by atomic mass is 10.00. The van der Waals surface area contributed by atoms with E-state index in [0.717, 1.165) is 0 Å². The zero-order valence-electron chi connectivity index (χ0n) is 14.1. The fourth-order valence-corrected chi connectivity index (χ4v) is 2.75. The minimum Gasteiger partial charge on any atom is -0.475 e. The van der Waals surface area contributed by atoms with Crippen LogP contribution in [0.2, 0.25) is 5.02 Å². The maximum atomic E-state index is 13.2. The number of halogens is 2. The Labute approximate surface area is 158 Å². The number of carboxylic acids is 1. The number of rotatable bonds is 5. The maximum Gasteiger partial charge on any atom is 0.375 e. The summed E-state index contributed by atoms with van der Waals surface area (Å²) in [5, 5.41) is 16.4. The predicted molar refractivity (Wildman–Crippen MR) is 96.2 cm³/mol. The fraction of sp³-hybridized carbons (Fsp3) is 0.105. The van der Waals surface area contributed by atoms with Gasteiger partial charge in [0.1, 0.15) is 11.5 Å². The monoisotopic (exact) mass is 388 g/mol. The molecule has 0 radical (unpaired) electrons. The highest BCUT2D eigenvalue weighted by Gasteiger charge is 2.28. The molecule has 0 aliphatic carbocycles. The summed E-state index contributed by atoms with van der Waals surface area (Å²) in [6.45, 7) is 1.61. The number of nitrogens with one attached hydrogen (secondary N) is 1. The zero-order valence-corrected chi connectivity index (χ0v) is 14.8. The number of benzene rings is 2. The normalized spacial score (nSPS) is 11.8. The molecule has 2 aromatic carbocycles. The summed E-state index contributed by atoms with van der Waals surface area (Å²) in [7, 11) is 0. The molecule has 0 saturated heterocycles. The van der Waals surface area contributed by atoms with Gasteiger partial charge in [0.2, 0.25) is 5.76 Å². The molecule has 0 aliphatic rings. The van der Waals surface area contributed by atoms with Gasteiger partial charge in [0.05, 0.1) is 11.6 Å². The summed E-state index contributed by atoms with van der Waals surface area (Å²) in [6.07, 6.45) is 0. The average Bonchev–Trinajstić information content (AvgIpc) is 3.08. The summed E-state index contributed by atoms with van der Waals surface area (Å²) in [5.41, 5.74) is 1.24. The Bertz CT molecular complexity index is 984. The number of hydrogen-bond donors (Lipinski definition) is 2. The number of amides is 1. The van der Waals surface area contributed by atoms with E-state index in [2.05, 4.69) is 10.5 Å². The standard InChI is InChI=1S/C19H14ClFN2O4/c1-10(22-18(24)12-2-6-13(20)7-3-12)15-16(23-27-17(15)19(25)26)11-4-8-14(21)9-5-11/h2-10H,1H3,(H,22,24)(H,25,26)/t10-/m1/s1. The van der Waals surface area contributed by atoms with Gasteiger partial charge in [-0.15, -0.1) is 0 Å².